The van der Waals surface area contributed by atoms with Crippen LogP contribution in [0, 0.1) is 12.7 Å². The number of amides is 1. The summed E-state index contributed by atoms with van der Waals surface area (Å²) in [7, 11) is 0. The average Bonchev–Trinajstić information content (AvgIpc) is 3.25. The summed E-state index contributed by atoms with van der Waals surface area (Å²) in [6.07, 6.45) is 4.78. The molecule has 31 heavy (non-hydrogen) atoms. The SMILES string of the molecule is Cc1cnc(Nc2ccc(F)cc2)nc1-n1cnc(C(=O)NCc2cccc(Cl)c2)c1. The van der Waals surface area contributed by atoms with Gasteiger partial charge in [0.1, 0.15) is 23.7 Å². The molecule has 2 heterocycles. The first-order valence-corrected chi connectivity index (χ1v) is 9.79. The number of aromatic nitrogens is 4. The second-order valence-electron chi connectivity index (χ2n) is 6.81. The van der Waals surface area contributed by atoms with Crippen molar-refractivity contribution in [2.45, 2.75) is 13.5 Å². The Balaban J connectivity index is 1.48. The van der Waals surface area contributed by atoms with Crippen molar-refractivity contribution in [1.82, 2.24) is 24.8 Å². The molecule has 0 fully saturated rings. The van der Waals surface area contributed by atoms with E-state index < -0.39 is 0 Å². The molecule has 2 aromatic heterocycles. The van der Waals surface area contributed by atoms with Gasteiger partial charge in [-0.25, -0.2) is 14.4 Å². The van der Waals surface area contributed by atoms with Gasteiger partial charge in [-0.1, -0.05) is 23.7 Å². The van der Waals surface area contributed by atoms with Crippen LogP contribution < -0.4 is 10.6 Å². The van der Waals surface area contributed by atoms with E-state index in [1.807, 2.05) is 19.1 Å². The highest BCUT2D eigenvalue weighted by molar-refractivity contribution is 6.30. The van der Waals surface area contributed by atoms with Crippen molar-refractivity contribution in [1.29, 1.82) is 0 Å². The second kappa shape index (κ2) is 8.93. The molecule has 0 atom stereocenters. The van der Waals surface area contributed by atoms with Gasteiger partial charge in [-0.15, -0.1) is 0 Å². The number of aryl methyl sites for hydroxylation is 1. The van der Waals surface area contributed by atoms with Crippen LogP contribution >= 0.6 is 11.6 Å². The van der Waals surface area contributed by atoms with Crippen LogP contribution in [-0.2, 0) is 6.54 Å². The van der Waals surface area contributed by atoms with Gasteiger partial charge in [0.15, 0.2) is 0 Å². The van der Waals surface area contributed by atoms with Crippen molar-refractivity contribution in [3.63, 3.8) is 0 Å². The number of rotatable bonds is 6. The highest BCUT2D eigenvalue weighted by Gasteiger charge is 2.13. The zero-order chi connectivity index (χ0) is 21.8. The molecule has 7 nitrogen and oxygen atoms in total. The van der Waals surface area contributed by atoms with E-state index in [1.165, 1.54) is 18.5 Å². The molecule has 0 saturated carbocycles. The van der Waals surface area contributed by atoms with Gasteiger partial charge >= 0.3 is 0 Å². The maximum absolute atomic E-state index is 13.1. The third-order valence-electron chi connectivity index (χ3n) is 4.45. The first-order valence-electron chi connectivity index (χ1n) is 9.41. The largest absolute Gasteiger partial charge is 0.347 e. The molecule has 0 aliphatic heterocycles. The molecule has 0 spiro atoms. The fraction of sp³-hybridized carbons (Fsp3) is 0.0909. The normalized spacial score (nSPS) is 10.7. The van der Waals surface area contributed by atoms with Crippen molar-refractivity contribution in [3.8, 4) is 5.82 Å². The van der Waals surface area contributed by atoms with Crippen molar-refractivity contribution in [2.75, 3.05) is 5.32 Å². The number of nitrogens with one attached hydrogen (secondary N) is 2. The molecule has 1 amide bonds. The minimum atomic E-state index is -0.323. The lowest BCUT2D eigenvalue weighted by Gasteiger charge is -2.09. The Hall–Kier alpha value is -3.78. The molecule has 0 unspecified atom stereocenters. The van der Waals surface area contributed by atoms with Crippen LogP contribution in [0.5, 0.6) is 0 Å². The van der Waals surface area contributed by atoms with Crippen LogP contribution in [0.1, 0.15) is 21.6 Å². The molecule has 4 aromatic rings. The third-order valence-corrected chi connectivity index (χ3v) is 4.68. The number of halogens is 2. The van der Waals surface area contributed by atoms with Gasteiger partial charge in [0.05, 0.1) is 0 Å². The highest BCUT2D eigenvalue weighted by atomic mass is 35.5. The highest BCUT2D eigenvalue weighted by Crippen LogP contribution is 2.17. The quantitative estimate of drug-likeness (QED) is 0.467. The maximum Gasteiger partial charge on any atom is 0.271 e. The van der Waals surface area contributed by atoms with Crippen LogP contribution in [0.25, 0.3) is 5.82 Å². The standard InChI is InChI=1S/C22H18ClFN6O/c1-14-10-26-22(28-18-7-5-17(24)6-8-18)29-20(14)30-12-19(27-13-30)21(31)25-11-15-3-2-4-16(23)9-15/h2-10,12-13H,11H2,1H3,(H,25,31)(H,26,28,29). The van der Waals surface area contributed by atoms with Crippen LogP contribution in [0.2, 0.25) is 5.02 Å². The number of nitrogens with zero attached hydrogens (tertiary/aromatic N) is 4. The number of carbonyl (C=O) groups excluding carboxylic acids is 1. The van der Waals surface area contributed by atoms with Gasteiger partial charge in [0.25, 0.3) is 5.91 Å². The Kier molecular flexibility index (Phi) is 5.90. The lowest BCUT2D eigenvalue weighted by atomic mass is 10.2. The fourth-order valence-corrected chi connectivity index (χ4v) is 3.11. The summed E-state index contributed by atoms with van der Waals surface area (Å²) < 4.78 is 14.7. The molecule has 2 aromatic carbocycles. The number of hydrogen-bond acceptors (Lipinski definition) is 5. The van der Waals surface area contributed by atoms with Crippen molar-refractivity contribution in [2.24, 2.45) is 0 Å². The lowest BCUT2D eigenvalue weighted by Crippen LogP contribution is -2.23. The van der Waals surface area contributed by atoms with E-state index in [4.69, 9.17) is 11.6 Å². The van der Waals surface area contributed by atoms with E-state index in [-0.39, 0.29) is 17.4 Å². The van der Waals surface area contributed by atoms with Crippen LogP contribution in [-0.4, -0.2) is 25.4 Å². The van der Waals surface area contributed by atoms with Crippen LogP contribution in [0.4, 0.5) is 16.0 Å². The number of benzene rings is 2. The number of imidazole rings is 1. The summed E-state index contributed by atoms with van der Waals surface area (Å²) in [6, 6.07) is 13.2. The van der Waals surface area contributed by atoms with E-state index in [0.29, 0.717) is 29.0 Å². The third kappa shape index (κ3) is 5.04. The number of hydrogen-bond donors (Lipinski definition) is 2. The van der Waals surface area contributed by atoms with Gasteiger partial charge in [0, 0.05) is 35.2 Å². The molecule has 9 heteroatoms. The summed E-state index contributed by atoms with van der Waals surface area (Å²) >= 11 is 5.97. The molecule has 156 valence electrons. The Morgan fingerprint density at radius 2 is 1.97 bits per heavy atom. The lowest BCUT2D eigenvalue weighted by molar-refractivity contribution is 0.0946. The zero-order valence-electron chi connectivity index (χ0n) is 16.5. The van der Waals surface area contributed by atoms with E-state index in [0.717, 1.165) is 11.1 Å². The topological polar surface area (TPSA) is 84.7 Å². The van der Waals surface area contributed by atoms with Crippen LogP contribution in [0.3, 0.4) is 0 Å². The van der Waals surface area contributed by atoms with E-state index in [9.17, 15) is 9.18 Å². The van der Waals surface area contributed by atoms with Gasteiger partial charge in [-0.05, 0) is 48.9 Å². The minimum Gasteiger partial charge on any atom is -0.347 e. The molecule has 4 rings (SSSR count). The summed E-state index contributed by atoms with van der Waals surface area (Å²) in [4.78, 5) is 25.4. The van der Waals surface area contributed by atoms with E-state index >= 15 is 0 Å². The molecule has 0 radical (unpaired) electrons. The molecular weight excluding hydrogens is 419 g/mol. The Bertz CT molecular complexity index is 1220. The summed E-state index contributed by atoms with van der Waals surface area (Å²) in [6.45, 7) is 2.19. The van der Waals surface area contributed by atoms with E-state index in [2.05, 4.69) is 25.6 Å². The first kappa shape index (κ1) is 20.5. The minimum absolute atomic E-state index is 0.257. The van der Waals surface area contributed by atoms with Gasteiger partial charge in [-0.2, -0.15) is 4.98 Å². The summed E-state index contributed by atoms with van der Waals surface area (Å²) in [5.41, 5.74) is 2.60. The maximum atomic E-state index is 13.1. The molecule has 0 aliphatic rings. The molecule has 0 saturated heterocycles. The molecule has 0 aliphatic carbocycles. The first-order chi connectivity index (χ1) is 15.0. The van der Waals surface area contributed by atoms with Crippen LogP contribution in [0.15, 0.2) is 67.3 Å². The zero-order valence-corrected chi connectivity index (χ0v) is 17.3. The average molecular weight is 437 g/mol. The van der Waals surface area contributed by atoms with Gasteiger partial charge in [-0.3, -0.25) is 9.36 Å². The smallest absolute Gasteiger partial charge is 0.271 e. The van der Waals surface area contributed by atoms with E-state index in [1.54, 1.807) is 41.2 Å². The van der Waals surface area contributed by atoms with Gasteiger partial charge < -0.3 is 10.6 Å². The fourth-order valence-electron chi connectivity index (χ4n) is 2.89. The summed E-state index contributed by atoms with van der Waals surface area (Å²) in [5, 5.41) is 6.46. The Labute approximate surface area is 183 Å². The molecule has 2 N–H and O–H groups in total. The van der Waals surface area contributed by atoms with Crippen molar-refractivity contribution in [3.05, 3.63) is 94.9 Å². The predicted molar refractivity (Wildman–Crippen MR) is 116 cm³/mol. The Morgan fingerprint density at radius 1 is 1.16 bits per heavy atom. The van der Waals surface area contributed by atoms with Gasteiger partial charge in [0.2, 0.25) is 5.95 Å². The predicted octanol–water partition coefficient (Wildman–Crippen LogP) is 4.44. The van der Waals surface area contributed by atoms with Crippen molar-refractivity contribution < 1.29 is 9.18 Å². The monoisotopic (exact) mass is 436 g/mol. The molecular formula is C22H18ClFN6O. The Morgan fingerprint density at radius 3 is 2.74 bits per heavy atom. The number of carbonyl (C=O) groups is 1. The molecule has 0 bridgehead atoms. The second-order valence-corrected chi connectivity index (χ2v) is 7.25. The summed E-state index contributed by atoms with van der Waals surface area (Å²) in [5.74, 6) is 0.277. The number of anilines is 2. The van der Waals surface area contributed by atoms with Crippen molar-refractivity contribution >= 4 is 29.1 Å².